The predicted molar refractivity (Wildman–Crippen MR) is 162 cm³/mol. The van der Waals surface area contributed by atoms with E-state index in [4.69, 9.17) is 61.9 Å². The number of hydrogen-bond acceptors (Lipinski definition) is 1. The Kier molecular flexibility index (Phi) is 39.5. The Morgan fingerprint density at radius 1 is 0.719 bits per heavy atom. The van der Waals surface area contributed by atoms with Gasteiger partial charge in [-0.15, -0.1) is 0 Å². The van der Waals surface area contributed by atoms with Gasteiger partial charge in [-0.25, -0.2) is 0 Å². The number of unbranched alkanes of at least 4 members (excludes halogenated alkanes) is 1. The lowest BCUT2D eigenvalue weighted by Gasteiger charge is -2.05. The lowest BCUT2D eigenvalue weighted by Crippen LogP contribution is -2.43. The molecule has 0 atom stereocenters. The van der Waals surface area contributed by atoms with Gasteiger partial charge in [0.1, 0.15) is 6.29 Å². The van der Waals surface area contributed by atoms with Crippen molar-refractivity contribution in [2.24, 2.45) is 5.92 Å². The summed E-state index contributed by atoms with van der Waals surface area (Å²) in [6, 6.07) is 0. The number of rotatable bonds is 11. The molecule has 0 aromatic carbocycles. The smallest absolute Gasteiger partial charge is 0.120 e. The van der Waals surface area contributed by atoms with Crippen LogP contribution in [0.1, 0.15) is 53.4 Å². The number of carbonyl (C=O) groups is 1. The van der Waals surface area contributed by atoms with Gasteiger partial charge in [0.15, 0.2) is 0 Å². The van der Waals surface area contributed by atoms with Gasteiger partial charge in [0.2, 0.25) is 0 Å². The third kappa shape index (κ3) is 47.3. The molecule has 0 aromatic heterocycles. The van der Waals surface area contributed by atoms with Crippen LogP contribution in [0.25, 0.3) is 0 Å². The van der Waals surface area contributed by atoms with Crippen LogP contribution >= 0.6 is 0 Å². The molecule has 0 fully saturated rings. The van der Waals surface area contributed by atoms with Crippen molar-refractivity contribution in [2.75, 3.05) is 0 Å². The first-order valence-electron chi connectivity index (χ1n) is 10.8. The molecule has 0 saturated heterocycles. The standard InChI is InChI=1S/C10H18.C8H12O.B7.B6/c1-4-5-6-7-8-9-10(2)3;1-2-3-4-5-6-7-8-9;1-5-7(4)6(2)3;1-5(2)6(3)4/h4-7,10H,8-9H2,1-3H3;2-5,8H,6-7H2,1H3;;/b5-4+,7-6-;3-2+,5-4-;;. The predicted octanol–water partition coefficient (Wildman–Crippen LogP) is 0.702. The van der Waals surface area contributed by atoms with E-state index in [-0.39, 0.29) is 6.39 Å². The van der Waals surface area contributed by atoms with Gasteiger partial charge in [0, 0.05) is 101 Å². The maximum atomic E-state index is 9.79. The summed E-state index contributed by atoms with van der Waals surface area (Å²) in [5, 5.41) is 0. The van der Waals surface area contributed by atoms with Crippen molar-refractivity contribution in [3.05, 3.63) is 48.6 Å². The summed E-state index contributed by atoms with van der Waals surface area (Å²) in [5.74, 6) is 0.829. The van der Waals surface area contributed by atoms with Crippen LogP contribution in [0, 0.1) is 5.92 Å². The first-order valence-corrected chi connectivity index (χ1v) is 10.8. The Balaban J connectivity index is -0.000000166. The van der Waals surface area contributed by atoms with Crippen LogP contribution in [0.3, 0.4) is 0 Å². The molecule has 17 radical (unpaired) electrons. The van der Waals surface area contributed by atoms with Crippen molar-refractivity contribution in [1.29, 1.82) is 0 Å². The van der Waals surface area contributed by atoms with Crippen LogP contribution in [0.4, 0.5) is 0 Å². The van der Waals surface area contributed by atoms with Gasteiger partial charge in [0.05, 0.1) is 0 Å². The second-order valence-corrected chi connectivity index (χ2v) is 7.12. The van der Waals surface area contributed by atoms with Gasteiger partial charge in [-0.3, -0.25) is 0 Å². The number of allylic oxidation sites excluding steroid dienone is 8. The molecule has 0 bridgehead atoms. The Hall–Kier alpha value is -0.526. The fourth-order valence-corrected chi connectivity index (χ4v) is 1.29. The maximum Gasteiger partial charge on any atom is 0.120 e. The molecule has 0 spiro atoms. The van der Waals surface area contributed by atoms with Crippen molar-refractivity contribution >= 4 is 101 Å². The highest BCUT2D eigenvalue weighted by molar-refractivity contribution is 7.81. The SMILES string of the molecule is C/C=C/C=C\CCC(C)C.C/C=C/C=C\CCC=O.[B]B([B])B([B])[B].[B][B]B([B])B([B])[B]. The highest BCUT2D eigenvalue weighted by Gasteiger charge is 2.06. The molecule has 0 saturated carbocycles. The minimum atomic E-state index is -0.593. The van der Waals surface area contributed by atoms with E-state index in [1.807, 2.05) is 44.2 Å². The lowest BCUT2D eigenvalue weighted by atomic mass is 8.76. The van der Waals surface area contributed by atoms with Gasteiger partial charge in [0.25, 0.3) is 0 Å². The molecule has 0 aliphatic rings. The quantitative estimate of drug-likeness (QED) is 0.215. The number of aldehydes is 1. The first-order chi connectivity index (χ1) is 15.0. The fourth-order valence-electron chi connectivity index (χ4n) is 1.29. The molecule has 0 aliphatic heterocycles. The summed E-state index contributed by atoms with van der Waals surface area (Å²) in [6.45, 7) is 8.50. The average molecular weight is 403 g/mol. The molecule has 1 nitrogen and oxygen atoms in total. The molecule has 14 heteroatoms. The minimum Gasteiger partial charge on any atom is -0.303 e. The molecular weight excluding hydrogens is 373 g/mol. The zero-order chi connectivity index (χ0) is 25.8. The Bertz CT molecular complexity index is 471. The molecule has 0 rings (SSSR count). The second-order valence-electron chi connectivity index (χ2n) is 7.12. The molecule has 0 aromatic rings. The lowest BCUT2D eigenvalue weighted by molar-refractivity contribution is -0.107. The van der Waals surface area contributed by atoms with Gasteiger partial charge < -0.3 is 4.79 Å². The summed E-state index contributed by atoms with van der Waals surface area (Å²) < 4.78 is 0. The van der Waals surface area contributed by atoms with Gasteiger partial charge >= 0.3 is 0 Å². The zero-order valence-electron chi connectivity index (χ0n) is 20.5. The van der Waals surface area contributed by atoms with E-state index < -0.39 is 19.2 Å². The number of hydrogen-bond donors (Lipinski definition) is 0. The highest BCUT2D eigenvalue weighted by atomic mass is 16.1. The third-order valence-corrected chi connectivity index (χ3v) is 3.35. The van der Waals surface area contributed by atoms with Gasteiger partial charge in [-0.05, 0) is 39.0 Å². The molecule has 0 N–H and O–H groups in total. The normalized spacial score (nSPS) is 10.0. The van der Waals surface area contributed by atoms with Crippen molar-refractivity contribution in [1.82, 2.24) is 0 Å². The largest absolute Gasteiger partial charge is 0.303 e. The van der Waals surface area contributed by atoms with E-state index in [2.05, 4.69) is 32.1 Å². The monoisotopic (exact) mass is 405 g/mol. The summed E-state index contributed by atoms with van der Waals surface area (Å²) in [4.78, 5) is 9.79. The van der Waals surface area contributed by atoms with Crippen LogP contribution in [0.5, 0.6) is 0 Å². The van der Waals surface area contributed by atoms with Crippen LogP contribution in [0.2, 0.25) is 0 Å². The minimum absolute atomic E-state index is 0.389. The first kappa shape index (κ1) is 38.7. The highest BCUT2D eigenvalue weighted by Crippen LogP contribution is 2.03. The van der Waals surface area contributed by atoms with E-state index in [1.165, 1.54) is 19.9 Å². The summed E-state index contributed by atoms with van der Waals surface area (Å²) >= 11 is 0. The topological polar surface area (TPSA) is 17.1 Å². The van der Waals surface area contributed by atoms with Crippen molar-refractivity contribution in [3.63, 3.8) is 0 Å². The Labute approximate surface area is 213 Å². The van der Waals surface area contributed by atoms with E-state index >= 15 is 0 Å². The molecule has 0 heterocycles. The fraction of sp³-hybridized carbons (Fsp3) is 0.500. The maximum absolute atomic E-state index is 9.79. The average Bonchev–Trinajstić information content (AvgIpc) is 2.74. The number of carbonyl (C=O) groups excluding carboxylic acids is 1. The van der Waals surface area contributed by atoms with Gasteiger partial charge in [-0.2, -0.15) is 0 Å². The Morgan fingerprint density at radius 2 is 1.16 bits per heavy atom. The molecule has 0 amide bonds. The van der Waals surface area contributed by atoms with Crippen LogP contribution < -0.4 is 0 Å². The molecule has 147 valence electrons. The van der Waals surface area contributed by atoms with Crippen LogP contribution in [-0.2, 0) is 4.79 Å². The van der Waals surface area contributed by atoms with Crippen molar-refractivity contribution in [3.8, 4) is 0 Å². The summed E-state index contributed by atoms with van der Waals surface area (Å²) in [5.41, 5.74) is 0. The van der Waals surface area contributed by atoms with Crippen molar-refractivity contribution in [2.45, 2.75) is 53.4 Å². The zero-order valence-corrected chi connectivity index (χ0v) is 20.5. The van der Waals surface area contributed by atoms with E-state index in [9.17, 15) is 4.79 Å². The van der Waals surface area contributed by atoms with Crippen molar-refractivity contribution < 1.29 is 4.79 Å². The molecular formula is C18H30B13O. The Morgan fingerprint density at radius 3 is 1.41 bits per heavy atom. The third-order valence-electron chi connectivity index (χ3n) is 3.35. The second kappa shape index (κ2) is 32.7. The van der Waals surface area contributed by atoms with E-state index in [1.54, 1.807) is 0 Å². The van der Waals surface area contributed by atoms with Crippen LogP contribution in [-0.4, -0.2) is 101 Å². The van der Waals surface area contributed by atoms with Crippen LogP contribution in [0.15, 0.2) is 48.6 Å². The van der Waals surface area contributed by atoms with E-state index in [0.717, 1.165) is 18.6 Å². The van der Waals surface area contributed by atoms with Gasteiger partial charge in [-0.1, -0.05) is 62.5 Å². The molecule has 0 unspecified atom stereocenters. The summed E-state index contributed by atoms with van der Waals surface area (Å²) in [7, 11) is 41.4. The summed E-state index contributed by atoms with van der Waals surface area (Å²) in [6.07, 6.45) is 19.1. The molecule has 32 heavy (non-hydrogen) atoms. The van der Waals surface area contributed by atoms with E-state index in [0.29, 0.717) is 6.42 Å². The molecule has 0 aliphatic carbocycles.